The highest BCUT2D eigenvalue weighted by Crippen LogP contribution is 2.15. The maximum absolute atomic E-state index is 13.3. The van der Waals surface area contributed by atoms with Crippen LogP contribution in [0.5, 0.6) is 0 Å². The van der Waals surface area contributed by atoms with E-state index in [1.54, 1.807) is 13.2 Å². The van der Waals surface area contributed by atoms with Crippen molar-refractivity contribution in [2.75, 3.05) is 7.11 Å². The fourth-order valence-corrected chi connectivity index (χ4v) is 1.12. The van der Waals surface area contributed by atoms with Crippen LogP contribution >= 0.6 is 0 Å². The molecule has 2 nitrogen and oxygen atoms in total. The summed E-state index contributed by atoms with van der Waals surface area (Å²) in [5.74, 6) is -0.253. The Labute approximate surface area is 77.5 Å². The molecule has 0 fully saturated rings. The van der Waals surface area contributed by atoms with Gasteiger partial charge in [-0.3, -0.25) is 0 Å². The van der Waals surface area contributed by atoms with Crippen LogP contribution in [0.2, 0.25) is 0 Å². The Bertz CT molecular complexity index is 286. The molecule has 0 amide bonds. The van der Waals surface area contributed by atoms with E-state index in [-0.39, 0.29) is 11.9 Å². The lowest BCUT2D eigenvalue weighted by molar-refractivity contribution is 0.181. The average molecular weight is 183 g/mol. The van der Waals surface area contributed by atoms with Gasteiger partial charge in [0, 0.05) is 18.7 Å². The van der Waals surface area contributed by atoms with Crippen molar-refractivity contribution in [3.63, 3.8) is 0 Å². The van der Waals surface area contributed by atoms with Crippen molar-refractivity contribution < 1.29 is 9.13 Å². The van der Waals surface area contributed by atoms with Gasteiger partial charge in [-0.2, -0.15) is 0 Å². The first-order valence-electron chi connectivity index (χ1n) is 4.18. The SMILES string of the molecule is COCc1ccc(C(C)N)cc1F. The zero-order chi connectivity index (χ0) is 9.84. The fraction of sp³-hybridized carbons (Fsp3) is 0.400. The Morgan fingerprint density at radius 2 is 2.23 bits per heavy atom. The zero-order valence-electron chi connectivity index (χ0n) is 7.88. The van der Waals surface area contributed by atoms with Crippen molar-refractivity contribution >= 4 is 0 Å². The summed E-state index contributed by atoms with van der Waals surface area (Å²) in [5, 5.41) is 0. The average Bonchev–Trinajstić information content (AvgIpc) is 2.08. The van der Waals surface area contributed by atoms with Gasteiger partial charge in [0.25, 0.3) is 0 Å². The van der Waals surface area contributed by atoms with Gasteiger partial charge in [-0.1, -0.05) is 12.1 Å². The summed E-state index contributed by atoms with van der Waals surface area (Å²) in [4.78, 5) is 0. The van der Waals surface area contributed by atoms with Gasteiger partial charge >= 0.3 is 0 Å². The topological polar surface area (TPSA) is 35.2 Å². The number of benzene rings is 1. The monoisotopic (exact) mass is 183 g/mol. The maximum atomic E-state index is 13.3. The Balaban J connectivity index is 2.92. The highest BCUT2D eigenvalue weighted by molar-refractivity contribution is 5.25. The van der Waals surface area contributed by atoms with Crippen LogP contribution in [0.3, 0.4) is 0 Å². The molecule has 72 valence electrons. The third kappa shape index (κ3) is 2.50. The minimum atomic E-state index is -0.253. The standard InChI is InChI=1S/C10H14FNO/c1-7(12)8-3-4-9(6-13-2)10(11)5-8/h3-5,7H,6,12H2,1-2H3. The number of hydrogen-bond acceptors (Lipinski definition) is 2. The van der Waals surface area contributed by atoms with Crippen LogP contribution in [0.25, 0.3) is 0 Å². The van der Waals surface area contributed by atoms with Gasteiger partial charge in [-0.15, -0.1) is 0 Å². The zero-order valence-corrected chi connectivity index (χ0v) is 7.88. The molecule has 0 saturated heterocycles. The van der Waals surface area contributed by atoms with E-state index in [4.69, 9.17) is 10.5 Å². The Morgan fingerprint density at radius 1 is 1.54 bits per heavy atom. The molecule has 1 unspecified atom stereocenters. The summed E-state index contributed by atoms with van der Waals surface area (Å²) in [6.45, 7) is 2.12. The van der Waals surface area contributed by atoms with Crippen LogP contribution in [0.1, 0.15) is 24.1 Å². The molecule has 1 aromatic carbocycles. The third-order valence-electron chi connectivity index (χ3n) is 1.90. The van der Waals surface area contributed by atoms with E-state index < -0.39 is 0 Å². The second-order valence-electron chi connectivity index (χ2n) is 3.07. The third-order valence-corrected chi connectivity index (χ3v) is 1.90. The number of methoxy groups -OCH3 is 1. The molecule has 0 aliphatic rings. The number of hydrogen-bond donors (Lipinski definition) is 1. The Kier molecular flexibility index (Phi) is 3.39. The van der Waals surface area contributed by atoms with Crippen LogP contribution in [-0.2, 0) is 11.3 Å². The summed E-state index contributed by atoms with van der Waals surface area (Å²) in [6, 6.07) is 4.85. The minimum absolute atomic E-state index is 0.133. The summed E-state index contributed by atoms with van der Waals surface area (Å²) in [7, 11) is 1.54. The number of nitrogens with two attached hydrogens (primary N) is 1. The van der Waals surface area contributed by atoms with Crippen LogP contribution < -0.4 is 5.73 Å². The van der Waals surface area contributed by atoms with Gasteiger partial charge in [0.1, 0.15) is 5.82 Å². The van der Waals surface area contributed by atoms with Crippen molar-refractivity contribution in [2.45, 2.75) is 19.6 Å². The first-order valence-corrected chi connectivity index (χ1v) is 4.18. The fourth-order valence-electron chi connectivity index (χ4n) is 1.12. The summed E-state index contributed by atoms with van der Waals surface area (Å²) < 4.78 is 18.1. The molecule has 1 atom stereocenters. The molecule has 0 aliphatic heterocycles. The summed E-state index contributed by atoms with van der Waals surface area (Å²) in [6.07, 6.45) is 0. The van der Waals surface area contributed by atoms with Crippen molar-refractivity contribution in [2.24, 2.45) is 5.73 Å². The van der Waals surface area contributed by atoms with E-state index in [2.05, 4.69) is 0 Å². The first-order chi connectivity index (χ1) is 6.15. The molecule has 1 aromatic rings. The van der Waals surface area contributed by atoms with E-state index in [1.807, 2.05) is 13.0 Å². The number of halogens is 1. The van der Waals surface area contributed by atoms with Crippen LogP contribution in [0, 0.1) is 5.82 Å². The van der Waals surface area contributed by atoms with Gasteiger partial charge in [-0.25, -0.2) is 4.39 Å². The van der Waals surface area contributed by atoms with Crippen LogP contribution in [-0.4, -0.2) is 7.11 Å². The lowest BCUT2D eigenvalue weighted by Gasteiger charge is -2.07. The highest BCUT2D eigenvalue weighted by Gasteiger charge is 2.05. The minimum Gasteiger partial charge on any atom is -0.380 e. The van der Waals surface area contributed by atoms with Gasteiger partial charge in [0.05, 0.1) is 6.61 Å². The van der Waals surface area contributed by atoms with Crippen molar-refractivity contribution in [1.29, 1.82) is 0 Å². The molecular weight excluding hydrogens is 169 g/mol. The summed E-state index contributed by atoms with van der Waals surface area (Å²) >= 11 is 0. The van der Waals surface area contributed by atoms with E-state index in [0.29, 0.717) is 12.2 Å². The van der Waals surface area contributed by atoms with E-state index in [0.717, 1.165) is 5.56 Å². The van der Waals surface area contributed by atoms with Crippen molar-refractivity contribution in [3.05, 3.63) is 35.1 Å². The smallest absolute Gasteiger partial charge is 0.129 e. The van der Waals surface area contributed by atoms with E-state index in [9.17, 15) is 4.39 Å². The van der Waals surface area contributed by atoms with Gasteiger partial charge < -0.3 is 10.5 Å². The summed E-state index contributed by atoms with van der Waals surface area (Å²) in [5.41, 5.74) is 6.97. The van der Waals surface area contributed by atoms with Gasteiger partial charge in [0.15, 0.2) is 0 Å². The van der Waals surface area contributed by atoms with Crippen LogP contribution in [0.15, 0.2) is 18.2 Å². The largest absolute Gasteiger partial charge is 0.380 e. The number of ether oxygens (including phenoxy) is 1. The first kappa shape index (κ1) is 10.2. The molecule has 0 bridgehead atoms. The highest BCUT2D eigenvalue weighted by atomic mass is 19.1. The maximum Gasteiger partial charge on any atom is 0.129 e. The van der Waals surface area contributed by atoms with E-state index >= 15 is 0 Å². The molecule has 13 heavy (non-hydrogen) atoms. The van der Waals surface area contributed by atoms with Gasteiger partial charge in [-0.05, 0) is 18.6 Å². The lowest BCUT2D eigenvalue weighted by atomic mass is 10.1. The number of rotatable bonds is 3. The Hall–Kier alpha value is -0.930. The molecule has 0 aliphatic carbocycles. The normalized spacial score (nSPS) is 12.9. The predicted octanol–water partition coefficient (Wildman–Crippen LogP) is 1.99. The quantitative estimate of drug-likeness (QED) is 0.777. The lowest BCUT2D eigenvalue weighted by Crippen LogP contribution is -2.06. The molecule has 1 rings (SSSR count). The molecule has 0 saturated carbocycles. The molecule has 3 heteroatoms. The molecule has 2 N–H and O–H groups in total. The predicted molar refractivity (Wildman–Crippen MR) is 49.7 cm³/mol. The van der Waals surface area contributed by atoms with Crippen molar-refractivity contribution in [3.8, 4) is 0 Å². The second-order valence-corrected chi connectivity index (χ2v) is 3.07. The Morgan fingerprint density at radius 3 is 2.69 bits per heavy atom. The van der Waals surface area contributed by atoms with Crippen molar-refractivity contribution in [1.82, 2.24) is 0 Å². The van der Waals surface area contributed by atoms with Gasteiger partial charge in [0.2, 0.25) is 0 Å². The van der Waals surface area contributed by atoms with E-state index in [1.165, 1.54) is 6.07 Å². The second kappa shape index (κ2) is 4.35. The molecule has 0 heterocycles. The van der Waals surface area contributed by atoms with Crippen LogP contribution in [0.4, 0.5) is 4.39 Å². The molecular formula is C10H14FNO. The molecule has 0 aromatic heterocycles. The molecule has 0 spiro atoms. The molecule has 0 radical (unpaired) electrons.